The van der Waals surface area contributed by atoms with Gasteiger partial charge in [0.15, 0.2) is 0 Å². The Morgan fingerprint density at radius 1 is 1.41 bits per heavy atom. The van der Waals surface area contributed by atoms with Crippen LogP contribution in [0.25, 0.3) is 0 Å². The minimum Gasteiger partial charge on any atom is -0.337 e. The fourth-order valence-corrected chi connectivity index (χ4v) is 2.36. The number of nitrogens with zero attached hydrogens (tertiary/aromatic N) is 1. The molecule has 1 atom stereocenters. The van der Waals surface area contributed by atoms with Gasteiger partial charge in [-0.3, -0.25) is 4.79 Å². The lowest BCUT2D eigenvalue weighted by molar-refractivity contribution is -0.132. The molecule has 1 saturated heterocycles. The molecule has 0 saturated carbocycles. The van der Waals surface area contributed by atoms with Crippen LogP contribution in [-0.2, 0) is 11.3 Å². The molecular formula is C13H17ClN2O. The normalized spacial score (nSPS) is 21.4. The number of benzene rings is 1. The summed E-state index contributed by atoms with van der Waals surface area (Å²) in [6.45, 7) is 1.39. The maximum absolute atomic E-state index is 12.0. The van der Waals surface area contributed by atoms with Gasteiger partial charge in [0, 0.05) is 18.1 Å². The van der Waals surface area contributed by atoms with Crippen LogP contribution in [0.2, 0.25) is 5.02 Å². The Hall–Kier alpha value is -1.06. The van der Waals surface area contributed by atoms with Crippen molar-refractivity contribution in [3.05, 3.63) is 34.9 Å². The Bertz CT molecular complexity index is 408. The topological polar surface area (TPSA) is 46.3 Å². The zero-order chi connectivity index (χ0) is 12.3. The second-order valence-electron chi connectivity index (χ2n) is 4.49. The van der Waals surface area contributed by atoms with Crippen molar-refractivity contribution in [1.82, 2.24) is 4.90 Å². The second kappa shape index (κ2) is 5.52. The van der Waals surface area contributed by atoms with Crippen molar-refractivity contribution >= 4 is 17.5 Å². The van der Waals surface area contributed by atoms with E-state index in [1.54, 1.807) is 0 Å². The zero-order valence-corrected chi connectivity index (χ0v) is 10.5. The van der Waals surface area contributed by atoms with Crippen LogP contribution in [0.15, 0.2) is 24.3 Å². The van der Waals surface area contributed by atoms with Crippen molar-refractivity contribution in [2.24, 2.45) is 5.73 Å². The molecule has 3 nitrogen and oxygen atoms in total. The van der Waals surface area contributed by atoms with E-state index in [0.29, 0.717) is 11.6 Å². The van der Waals surface area contributed by atoms with Crippen molar-refractivity contribution in [2.75, 3.05) is 6.54 Å². The third kappa shape index (κ3) is 3.20. The summed E-state index contributed by atoms with van der Waals surface area (Å²) in [4.78, 5) is 13.8. The highest BCUT2D eigenvalue weighted by Gasteiger charge is 2.23. The van der Waals surface area contributed by atoms with Crippen LogP contribution in [0.3, 0.4) is 0 Å². The fraction of sp³-hybridized carbons (Fsp3) is 0.462. The molecule has 1 aliphatic heterocycles. The lowest BCUT2D eigenvalue weighted by Crippen LogP contribution is -2.41. The van der Waals surface area contributed by atoms with Crippen molar-refractivity contribution < 1.29 is 4.79 Å². The van der Waals surface area contributed by atoms with E-state index < -0.39 is 0 Å². The summed E-state index contributed by atoms with van der Waals surface area (Å²) in [5, 5.41) is 0.703. The number of nitrogens with two attached hydrogens (primary N) is 1. The number of hydrogen-bond acceptors (Lipinski definition) is 2. The average molecular weight is 253 g/mol. The van der Waals surface area contributed by atoms with Gasteiger partial charge in [0.05, 0.1) is 6.04 Å². The highest BCUT2D eigenvalue weighted by atomic mass is 35.5. The minimum atomic E-state index is -0.336. The van der Waals surface area contributed by atoms with E-state index in [1.165, 1.54) is 0 Å². The molecule has 17 heavy (non-hydrogen) atoms. The third-order valence-electron chi connectivity index (χ3n) is 3.08. The van der Waals surface area contributed by atoms with E-state index in [9.17, 15) is 4.79 Å². The predicted octanol–water partition coefficient (Wildman–Crippen LogP) is 2.18. The lowest BCUT2D eigenvalue weighted by atomic mass is 10.1. The van der Waals surface area contributed by atoms with Gasteiger partial charge in [-0.25, -0.2) is 0 Å². The summed E-state index contributed by atoms with van der Waals surface area (Å²) >= 11 is 5.93. The van der Waals surface area contributed by atoms with Crippen LogP contribution < -0.4 is 5.73 Å². The Labute approximate surface area is 107 Å². The Morgan fingerprint density at radius 2 is 2.24 bits per heavy atom. The van der Waals surface area contributed by atoms with E-state index >= 15 is 0 Å². The monoisotopic (exact) mass is 252 g/mol. The van der Waals surface area contributed by atoms with E-state index in [1.807, 2.05) is 29.2 Å². The molecule has 2 rings (SSSR count). The summed E-state index contributed by atoms with van der Waals surface area (Å²) in [5.41, 5.74) is 6.89. The highest BCUT2D eigenvalue weighted by Crippen LogP contribution is 2.16. The van der Waals surface area contributed by atoms with Crippen molar-refractivity contribution in [2.45, 2.75) is 31.8 Å². The number of carbonyl (C=O) groups is 1. The molecule has 0 unspecified atom stereocenters. The molecule has 1 amide bonds. The molecule has 2 N–H and O–H groups in total. The van der Waals surface area contributed by atoms with Crippen LogP contribution in [0, 0.1) is 0 Å². The molecule has 0 bridgehead atoms. The first kappa shape index (κ1) is 12.4. The first-order valence-corrected chi connectivity index (χ1v) is 6.33. The van der Waals surface area contributed by atoms with Gasteiger partial charge in [-0.2, -0.15) is 0 Å². The average Bonchev–Trinajstić information content (AvgIpc) is 2.45. The largest absolute Gasteiger partial charge is 0.337 e. The first-order chi connectivity index (χ1) is 8.16. The number of amides is 1. The second-order valence-corrected chi connectivity index (χ2v) is 4.93. The number of hydrogen-bond donors (Lipinski definition) is 1. The number of halogens is 1. The predicted molar refractivity (Wildman–Crippen MR) is 68.7 cm³/mol. The van der Waals surface area contributed by atoms with Crippen molar-refractivity contribution in [3.63, 3.8) is 0 Å². The SMILES string of the molecule is N[C@H]1CCCCN(Cc2cccc(Cl)c2)C1=O. The Balaban J connectivity index is 2.08. The van der Waals surface area contributed by atoms with Crippen LogP contribution in [0.1, 0.15) is 24.8 Å². The summed E-state index contributed by atoms with van der Waals surface area (Å²) in [6.07, 6.45) is 2.85. The van der Waals surface area contributed by atoms with Gasteiger partial charge >= 0.3 is 0 Å². The maximum atomic E-state index is 12.0. The molecule has 0 aromatic heterocycles. The van der Waals surface area contributed by atoms with Gasteiger partial charge in [0.1, 0.15) is 0 Å². The molecule has 0 aliphatic carbocycles. The summed E-state index contributed by atoms with van der Waals surface area (Å²) in [7, 11) is 0. The fourth-order valence-electron chi connectivity index (χ4n) is 2.15. The quantitative estimate of drug-likeness (QED) is 0.877. The molecule has 0 radical (unpaired) electrons. The van der Waals surface area contributed by atoms with Crippen LogP contribution in [-0.4, -0.2) is 23.4 Å². The summed E-state index contributed by atoms with van der Waals surface area (Å²) < 4.78 is 0. The summed E-state index contributed by atoms with van der Waals surface area (Å²) in [6, 6.07) is 7.28. The van der Waals surface area contributed by atoms with Crippen LogP contribution in [0.5, 0.6) is 0 Å². The minimum absolute atomic E-state index is 0.0578. The highest BCUT2D eigenvalue weighted by molar-refractivity contribution is 6.30. The van der Waals surface area contributed by atoms with Gasteiger partial charge in [-0.15, -0.1) is 0 Å². The Kier molecular flexibility index (Phi) is 4.02. The van der Waals surface area contributed by atoms with E-state index in [4.69, 9.17) is 17.3 Å². The smallest absolute Gasteiger partial charge is 0.239 e. The standard InChI is InChI=1S/C13H17ClN2O/c14-11-5-3-4-10(8-11)9-16-7-2-1-6-12(15)13(16)17/h3-5,8,12H,1-2,6-7,9,15H2/t12-/m0/s1. The molecule has 1 aliphatic rings. The zero-order valence-electron chi connectivity index (χ0n) is 9.73. The number of rotatable bonds is 2. The van der Waals surface area contributed by atoms with Crippen LogP contribution >= 0.6 is 11.6 Å². The lowest BCUT2D eigenvalue weighted by Gasteiger charge is -2.22. The molecule has 0 spiro atoms. The third-order valence-corrected chi connectivity index (χ3v) is 3.32. The molecule has 1 fully saturated rings. The molecule has 1 aromatic carbocycles. The van der Waals surface area contributed by atoms with Gasteiger partial charge in [-0.1, -0.05) is 23.7 Å². The van der Waals surface area contributed by atoms with E-state index in [0.717, 1.165) is 31.4 Å². The molecular weight excluding hydrogens is 236 g/mol. The van der Waals surface area contributed by atoms with E-state index in [2.05, 4.69) is 0 Å². The molecule has 1 heterocycles. The van der Waals surface area contributed by atoms with Gasteiger partial charge in [0.25, 0.3) is 0 Å². The molecule has 1 aromatic rings. The van der Waals surface area contributed by atoms with Crippen molar-refractivity contribution in [1.29, 1.82) is 0 Å². The van der Waals surface area contributed by atoms with Gasteiger partial charge in [-0.05, 0) is 37.0 Å². The number of likely N-dealkylation sites (tertiary alicyclic amines) is 1. The van der Waals surface area contributed by atoms with Crippen molar-refractivity contribution in [3.8, 4) is 0 Å². The molecule has 92 valence electrons. The number of carbonyl (C=O) groups excluding carboxylic acids is 1. The summed E-state index contributed by atoms with van der Waals surface area (Å²) in [5.74, 6) is 0.0578. The van der Waals surface area contributed by atoms with Crippen LogP contribution in [0.4, 0.5) is 0 Å². The van der Waals surface area contributed by atoms with Gasteiger partial charge < -0.3 is 10.6 Å². The van der Waals surface area contributed by atoms with Gasteiger partial charge in [0.2, 0.25) is 5.91 Å². The first-order valence-electron chi connectivity index (χ1n) is 5.95. The maximum Gasteiger partial charge on any atom is 0.239 e. The Morgan fingerprint density at radius 3 is 3.00 bits per heavy atom. The van der Waals surface area contributed by atoms with E-state index in [-0.39, 0.29) is 11.9 Å². The molecule has 4 heteroatoms.